The lowest BCUT2D eigenvalue weighted by atomic mass is 10.1. The van der Waals surface area contributed by atoms with Gasteiger partial charge in [-0.3, -0.25) is 14.9 Å². The third-order valence-electron chi connectivity index (χ3n) is 2.24. The van der Waals surface area contributed by atoms with Gasteiger partial charge in [0.1, 0.15) is 0 Å². The molecule has 0 aliphatic rings. The molecule has 1 aromatic rings. The molecule has 1 heterocycles. The fraction of sp³-hybridized carbons (Fsp3) is 0.545. The molecule has 0 fully saturated rings. The highest BCUT2D eigenvalue weighted by molar-refractivity contribution is 9.10. The van der Waals surface area contributed by atoms with Crippen molar-refractivity contribution in [3.05, 3.63) is 37.2 Å². The fourth-order valence-electron chi connectivity index (χ4n) is 1.40. The van der Waals surface area contributed by atoms with Crippen LogP contribution in [-0.4, -0.2) is 21.6 Å². The number of nitrogens with one attached hydrogen (secondary N) is 1. The van der Waals surface area contributed by atoms with Gasteiger partial charge in [0.15, 0.2) is 0 Å². The van der Waals surface area contributed by atoms with Crippen molar-refractivity contribution < 1.29 is 4.92 Å². The molecular formula is C11H16BrN3O3. The Morgan fingerprint density at radius 3 is 2.56 bits per heavy atom. The summed E-state index contributed by atoms with van der Waals surface area (Å²) in [6.45, 7) is 7.33. The van der Waals surface area contributed by atoms with Gasteiger partial charge in [0.25, 0.3) is 5.43 Å². The Kier molecular flexibility index (Phi) is 4.64. The Bertz CT molecular complexity index is 505. The van der Waals surface area contributed by atoms with Gasteiger partial charge in [-0.15, -0.1) is 0 Å². The first-order valence-corrected chi connectivity index (χ1v) is 6.29. The normalized spacial score (nSPS) is 11.6. The molecule has 0 aliphatic heterocycles. The average Bonchev–Trinajstić information content (AvgIpc) is 2.20. The van der Waals surface area contributed by atoms with Crippen molar-refractivity contribution in [2.45, 2.75) is 32.9 Å². The van der Waals surface area contributed by atoms with Gasteiger partial charge < -0.3 is 9.88 Å². The zero-order chi connectivity index (χ0) is 13.9. The van der Waals surface area contributed by atoms with Gasteiger partial charge in [-0.1, -0.05) is 0 Å². The minimum atomic E-state index is -0.666. The lowest BCUT2D eigenvalue weighted by Gasteiger charge is -2.20. The highest BCUT2D eigenvalue weighted by atomic mass is 79.9. The minimum Gasteiger partial charge on any atom is -0.346 e. The Labute approximate surface area is 113 Å². The number of nitro groups is 1. The molecule has 0 radical (unpaired) electrons. The third kappa shape index (κ3) is 4.23. The van der Waals surface area contributed by atoms with Crippen molar-refractivity contribution >= 4 is 21.6 Å². The van der Waals surface area contributed by atoms with E-state index in [1.807, 2.05) is 20.8 Å². The van der Waals surface area contributed by atoms with Crippen molar-refractivity contribution in [2.24, 2.45) is 0 Å². The van der Waals surface area contributed by atoms with Crippen molar-refractivity contribution in [3.63, 3.8) is 0 Å². The maximum atomic E-state index is 11.5. The maximum Gasteiger partial charge on any atom is 0.333 e. The van der Waals surface area contributed by atoms with Gasteiger partial charge >= 0.3 is 5.69 Å². The van der Waals surface area contributed by atoms with E-state index in [9.17, 15) is 14.9 Å². The van der Waals surface area contributed by atoms with Crippen LogP contribution in [0.25, 0.3) is 0 Å². The highest BCUT2D eigenvalue weighted by Crippen LogP contribution is 2.10. The molecule has 0 saturated heterocycles. The largest absolute Gasteiger partial charge is 0.346 e. The molecule has 1 rings (SSSR count). The zero-order valence-corrected chi connectivity index (χ0v) is 12.2. The number of pyridine rings is 1. The van der Waals surface area contributed by atoms with Crippen LogP contribution in [0.3, 0.4) is 0 Å². The number of aromatic nitrogens is 1. The molecule has 1 N–H and O–H groups in total. The van der Waals surface area contributed by atoms with Gasteiger partial charge in [0.05, 0.1) is 15.6 Å². The van der Waals surface area contributed by atoms with Crippen molar-refractivity contribution in [1.29, 1.82) is 0 Å². The number of halogens is 1. The van der Waals surface area contributed by atoms with E-state index in [2.05, 4.69) is 21.2 Å². The van der Waals surface area contributed by atoms with Gasteiger partial charge in [-0.05, 0) is 36.7 Å². The standard InChI is InChI=1S/C11H16BrN3O3/c1-11(2,3)13-4-5-14-6-8(12)10(16)9(7-14)15(17)18/h6-7,13H,4-5H2,1-3H3. The van der Waals surface area contributed by atoms with Crippen LogP contribution in [0, 0.1) is 10.1 Å². The monoisotopic (exact) mass is 317 g/mol. The summed E-state index contributed by atoms with van der Waals surface area (Å²) in [5.41, 5.74) is -1.03. The van der Waals surface area contributed by atoms with Crippen molar-refractivity contribution in [3.8, 4) is 0 Å². The summed E-state index contributed by atoms with van der Waals surface area (Å²) < 4.78 is 1.83. The molecule has 18 heavy (non-hydrogen) atoms. The van der Waals surface area contributed by atoms with E-state index in [0.717, 1.165) is 0 Å². The predicted octanol–water partition coefficient (Wildman–Crippen LogP) is 1.91. The second-order valence-corrected chi connectivity index (χ2v) is 5.85. The van der Waals surface area contributed by atoms with E-state index in [1.54, 1.807) is 10.8 Å². The van der Waals surface area contributed by atoms with Crippen LogP contribution in [0.15, 0.2) is 21.7 Å². The van der Waals surface area contributed by atoms with E-state index >= 15 is 0 Å². The van der Waals surface area contributed by atoms with Crippen LogP contribution in [0.2, 0.25) is 0 Å². The highest BCUT2D eigenvalue weighted by Gasteiger charge is 2.16. The van der Waals surface area contributed by atoms with E-state index in [0.29, 0.717) is 13.1 Å². The van der Waals surface area contributed by atoms with E-state index < -0.39 is 16.0 Å². The zero-order valence-electron chi connectivity index (χ0n) is 10.6. The molecule has 0 aromatic carbocycles. The SMILES string of the molecule is CC(C)(C)NCCn1cc(Br)c(=O)c([N+](=O)[O-])c1. The van der Waals surface area contributed by atoms with Crippen LogP contribution in [0.4, 0.5) is 5.69 Å². The lowest BCUT2D eigenvalue weighted by molar-refractivity contribution is -0.386. The fourth-order valence-corrected chi connectivity index (χ4v) is 1.86. The number of rotatable bonds is 4. The van der Waals surface area contributed by atoms with Gasteiger partial charge in [0, 0.05) is 24.8 Å². The summed E-state index contributed by atoms with van der Waals surface area (Å²) >= 11 is 3.04. The van der Waals surface area contributed by atoms with Gasteiger partial charge in [0.2, 0.25) is 0 Å². The molecule has 100 valence electrons. The Morgan fingerprint density at radius 2 is 2.06 bits per heavy atom. The van der Waals surface area contributed by atoms with E-state index in [-0.39, 0.29) is 10.0 Å². The molecule has 0 saturated carbocycles. The van der Waals surface area contributed by atoms with Crippen LogP contribution >= 0.6 is 15.9 Å². The average molecular weight is 318 g/mol. The molecule has 1 aromatic heterocycles. The quantitative estimate of drug-likeness (QED) is 0.679. The second kappa shape index (κ2) is 5.62. The molecule has 0 amide bonds. The van der Waals surface area contributed by atoms with Gasteiger partial charge in [-0.25, -0.2) is 0 Å². The Hall–Kier alpha value is -1.21. The summed E-state index contributed by atoms with van der Waals surface area (Å²) in [4.78, 5) is 21.5. The molecule has 0 bridgehead atoms. The van der Waals surface area contributed by atoms with Gasteiger partial charge in [-0.2, -0.15) is 0 Å². The molecule has 6 nitrogen and oxygen atoms in total. The Balaban J connectivity index is 2.85. The van der Waals surface area contributed by atoms with E-state index in [1.165, 1.54) is 6.20 Å². The first kappa shape index (κ1) is 14.8. The number of hydrogen-bond acceptors (Lipinski definition) is 4. The summed E-state index contributed by atoms with van der Waals surface area (Å²) in [5, 5.41) is 14.0. The summed E-state index contributed by atoms with van der Waals surface area (Å²) in [7, 11) is 0. The molecule has 0 atom stereocenters. The van der Waals surface area contributed by atoms with Crippen LogP contribution in [0.5, 0.6) is 0 Å². The Morgan fingerprint density at radius 1 is 1.44 bits per heavy atom. The topological polar surface area (TPSA) is 77.2 Å². The molecule has 0 spiro atoms. The first-order valence-electron chi connectivity index (χ1n) is 5.50. The molecular weight excluding hydrogens is 302 g/mol. The van der Waals surface area contributed by atoms with Crippen molar-refractivity contribution in [1.82, 2.24) is 9.88 Å². The minimum absolute atomic E-state index is 0.0117. The lowest BCUT2D eigenvalue weighted by Crippen LogP contribution is -2.37. The molecule has 7 heteroatoms. The number of hydrogen-bond donors (Lipinski definition) is 1. The summed E-state index contributed by atoms with van der Waals surface area (Å²) in [6.07, 6.45) is 2.82. The van der Waals surface area contributed by atoms with Crippen LogP contribution in [0.1, 0.15) is 20.8 Å². The third-order valence-corrected chi connectivity index (χ3v) is 2.80. The van der Waals surface area contributed by atoms with Crippen LogP contribution < -0.4 is 10.7 Å². The van der Waals surface area contributed by atoms with Crippen LogP contribution in [-0.2, 0) is 6.54 Å². The van der Waals surface area contributed by atoms with Crippen molar-refractivity contribution in [2.75, 3.05) is 6.54 Å². The summed E-state index contributed by atoms with van der Waals surface area (Å²) in [6, 6.07) is 0. The summed E-state index contributed by atoms with van der Waals surface area (Å²) in [5.74, 6) is 0. The molecule has 0 unspecified atom stereocenters. The second-order valence-electron chi connectivity index (χ2n) is 4.99. The first-order chi connectivity index (χ1) is 8.20. The smallest absolute Gasteiger partial charge is 0.333 e. The van der Waals surface area contributed by atoms with E-state index in [4.69, 9.17) is 0 Å². The maximum absolute atomic E-state index is 11.5. The predicted molar refractivity (Wildman–Crippen MR) is 72.8 cm³/mol. The molecule has 0 aliphatic carbocycles. The number of nitrogens with zero attached hydrogens (tertiary/aromatic N) is 2.